The van der Waals surface area contributed by atoms with E-state index in [2.05, 4.69) is 25.9 Å². The van der Waals surface area contributed by atoms with Crippen LogP contribution in [0.4, 0.5) is 19.0 Å². The molecule has 0 spiro atoms. The van der Waals surface area contributed by atoms with Crippen molar-refractivity contribution >= 4 is 23.3 Å². The van der Waals surface area contributed by atoms with Crippen LogP contribution in [-0.4, -0.2) is 51.3 Å². The maximum absolute atomic E-state index is 13.1. The molecule has 0 radical (unpaired) electrons. The summed E-state index contributed by atoms with van der Waals surface area (Å²) < 4.78 is 45.0. The van der Waals surface area contributed by atoms with Crippen LogP contribution in [0.3, 0.4) is 0 Å². The van der Waals surface area contributed by atoms with Gasteiger partial charge in [-0.25, -0.2) is 0 Å². The number of carbonyl (C=O) groups is 2. The lowest BCUT2D eigenvalue weighted by atomic mass is 9.96. The molecule has 3 aromatic heterocycles. The molecule has 1 fully saturated rings. The summed E-state index contributed by atoms with van der Waals surface area (Å²) in [5.74, 6) is -1.10. The van der Waals surface area contributed by atoms with Crippen molar-refractivity contribution in [2.24, 2.45) is 5.92 Å². The number of carbonyl (C=O) groups excluding carboxylic acids is 2. The number of fused-ring (bicyclic) bond motifs is 1. The highest BCUT2D eigenvalue weighted by Crippen LogP contribution is 2.28. The van der Waals surface area contributed by atoms with Crippen LogP contribution in [0.2, 0.25) is 0 Å². The number of rotatable bonds is 6. The second kappa shape index (κ2) is 8.85. The Hall–Kier alpha value is -3.64. The Morgan fingerprint density at radius 2 is 1.91 bits per heavy atom. The van der Waals surface area contributed by atoms with Crippen LogP contribution < -0.4 is 15.5 Å². The van der Waals surface area contributed by atoms with E-state index >= 15 is 0 Å². The van der Waals surface area contributed by atoms with Gasteiger partial charge in [0.05, 0.1) is 19.4 Å². The molecule has 4 rings (SSSR count). The van der Waals surface area contributed by atoms with Gasteiger partial charge in [-0.3, -0.25) is 9.59 Å². The Labute approximate surface area is 179 Å². The van der Waals surface area contributed by atoms with Crippen LogP contribution in [-0.2, 0) is 22.3 Å². The van der Waals surface area contributed by atoms with E-state index in [1.165, 1.54) is 12.3 Å². The minimum absolute atomic E-state index is 0.000614. The summed E-state index contributed by atoms with van der Waals surface area (Å²) in [5, 5.41) is 16.0. The molecular formula is C19H20F3N7O3. The number of amides is 2. The summed E-state index contributed by atoms with van der Waals surface area (Å²) >= 11 is 0. The van der Waals surface area contributed by atoms with Crippen LogP contribution >= 0.6 is 0 Å². The van der Waals surface area contributed by atoms with E-state index in [1.807, 2.05) is 0 Å². The van der Waals surface area contributed by atoms with Crippen molar-refractivity contribution < 1.29 is 27.2 Å². The lowest BCUT2D eigenvalue weighted by Crippen LogP contribution is -2.43. The van der Waals surface area contributed by atoms with Crippen LogP contribution in [0.25, 0.3) is 5.65 Å². The van der Waals surface area contributed by atoms with Gasteiger partial charge in [0.15, 0.2) is 5.65 Å². The molecule has 1 aliphatic heterocycles. The molecule has 0 atom stereocenters. The summed E-state index contributed by atoms with van der Waals surface area (Å²) in [6, 6.07) is 6.44. The number of hydrogen-bond acceptors (Lipinski definition) is 7. The maximum atomic E-state index is 13.1. The van der Waals surface area contributed by atoms with Crippen molar-refractivity contribution in [3.8, 4) is 0 Å². The van der Waals surface area contributed by atoms with Gasteiger partial charge in [0.2, 0.25) is 11.8 Å². The zero-order valence-corrected chi connectivity index (χ0v) is 16.8. The molecule has 170 valence electrons. The molecule has 0 bridgehead atoms. The first-order valence-corrected chi connectivity index (χ1v) is 9.92. The Morgan fingerprint density at radius 1 is 1.12 bits per heavy atom. The largest absolute Gasteiger partial charge is 0.467 e. The summed E-state index contributed by atoms with van der Waals surface area (Å²) in [4.78, 5) is 26.1. The van der Waals surface area contributed by atoms with E-state index in [4.69, 9.17) is 4.42 Å². The van der Waals surface area contributed by atoms with Crippen LogP contribution in [0.5, 0.6) is 0 Å². The number of nitrogens with zero attached hydrogens (tertiary/aromatic N) is 5. The molecule has 2 N–H and O–H groups in total. The van der Waals surface area contributed by atoms with Gasteiger partial charge in [-0.15, -0.1) is 15.3 Å². The fourth-order valence-electron chi connectivity index (χ4n) is 3.47. The third kappa shape index (κ3) is 4.81. The smallest absolute Gasteiger partial charge is 0.453 e. The van der Waals surface area contributed by atoms with Gasteiger partial charge < -0.3 is 20.0 Å². The number of piperidine rings is 1. The van der Waals surface area contributed by atoms with Crippen molar-refractivity contribution in [2.45, 2.75) is 25.6 Å². The number of alkyl halides is 3. The molecular weight excluding hydrogens is 431 g/mol. The van der Waals surface area contributed by atoms with Gasteiger partial charge in [-0.2, -0.15) is 17.7 Å². The zero-order valence-electron chi connectivity index (χ0n) is 16.8. The van der Waals surface area contributed by atoms with Gasteiger partial charge in [-0.05, 0) is 37.1 Å². The van der Waals surface area contributed by atoms with Gasteiger partial charge >= 0.3 is 6.18 Å². The monoisotopic (exact) mass is 451 g/mol. The third-order valence-corrected chi connectivity index (χ3v) is 5.16. The van der Waals surface area contributed by atoms with E-state index in [1.54, 1.807) is 23.1 Å². The van der Waals surface area contributed by atoms with Crippen molar-refractivity contribution in [3.63, 3.8) is 0 Å². The van der Waals surface area contributed by atoms with Gasteiger partial charge in [0.1, 0.15) is 11.6 Å². The first kappa shape index (κ1) is 21.6. The number of anilines is 1. The average molecular weight is 451 g/mol. The minimum Gasteiger partial charge on any atom is -0.467 e. The zero-order chi connectivity index (χ0) is 22.7. The molecule has 3 aromatic rings. The number of hydrogen-bond donors (Lipinski definition) is 2. The van der Waals surface area contributed by atoms with Crippen LogP contribution in [0, 0.1) is 5.92 Å². The van der Waals surface area contributed by atoms with Crippen molar-refractivity contribution in [3.05, 3.63) is 42.1 Å². The highest BCUT2D eigenvalue weighted by atomic mass is 19.4. The normalized spacial score (nSPS) is 15.2. The Kier molecular flexibility index (Phi) is 5.97. The molecule has 0 aromatic carbocycles. The molecule has 10 nitrogen and oxygen atoms in total. The van der Waals surface area contributed by atoms with E-state index in [9.17, 15) is 22.8 Å². The van der Waals surface area contributed by atoms with E-state index < -0.39 is 12.0 Å². The summed E-state index contributed by atoms with van der Waals surface area (Å²) in [6.07, 6.45) is -2.20. The fraction of sp³-hybridized carbons (Fsp3) is 0.421. The minimum atomic E-state index is -4.67. The second-order valence-corrected chi connectivity index (χ2v) is 7.32. The maximum Gasteiger partial charge on any atom is 0.453 e. The van der Waals surface area contributed by atoms with Gasteiger partial charge in [-0.1, -0.05) is 0 Å². The predicted molar refractivity (Wildman–Crippen MR) is 104 cm³/mol. The van der Waals surface area contributed by atoms with E-state index in [0.29, 0.717) is 42.0 Å². The van der Waals surface area contributed by atoms with Crippen molar-refractivity contribution in [1.29, 1.82) is 0 Å². The summed E-state index contributed by atoms with van der Waals surface area (Å²) in [7, 11) is 0. The predicted octanol–water partition coefficient (Wildman–Crippen LogP) is 1.39. The van der Waals surface area contributed by atoms with E-state index in [-0.39, 0.29) is 36.5 Å². The van der Waals surface area contributed by atoms with Gasteiger partial charge in [0.25, 0.3) is 5.82 Å². The summed E-state index contributed by atoms with van der Waals surface area (Å²) in [5.41, 5.74) is 0.000614. The third-order valence-electron chi connectivity index (χ3n) is 5.16. The number of nitrogens with one attached hydrogen (secondary N) is 2. The molecule has 0 unspecified atom stereocenters. The first-order valence-electron chi connectivity index (χ1n) is 9.92. The quantitative estimate of drug-likeness (QED) is 0.582. The lowest BCUT2D eigenvalue weighted by molar-refractivity contribution is -0.146. The Bertz CT molecular complexity index is 1090. The Balaban J connectivity index is 1.28. The van der Waals surface area contributed by atoms with Gasteiger partial charge in [0, 0.05) is 19.0 Å². The highest BCUT2D eigenvalue weighted by molar-refractivity contribution is 5.85. The molecule has 4 heterocycles. The highest BCUT2D eigenvalue weighted by Gasteiger charge is 2.38. The molecule has 13 heteroatoms. The lowest BCUT2D eigenvalue weighted by Gasteiger charge is -2.32. The molecule has 32 heavy (non-hydrogen) atoms. The van der Waals surface area contributed by atoms with Crippen LogP contribution in [0.1, 0.15) is 24.4 Å². The molecule has 2 amide bonds. The SMILES string of the molecule is O=C(CNC(=O)C1CCN(c2ccc3nnc(C(F)(F)F)n3n2)CC1)NCc1ccco1. The van der Waals surface area contributed by atoms with E-state index in [0.717, 1.165) is 0 Å². The van der Waals surface area contributed by atoms with Crippen molar-refractivity contribution in [1.82, 2.24) is 30.4 Å². The number of halogens is 3. The topological polar surface area (TPSA) is 118 Å². The molecule has 0 saturated carbocycles. The molecule has 1 aliphatic rings. The molecule has 0 aliphatic carbocycles. The summed E-state index contributed by atoms with van der Waals surface area (Å²) in [6.45, 7) is 0.960. The number of furan rings is 1. The fourth-order valence-corrected chi connectivity index (χ4v) is 3.47. The standard InChI is InChI=1S/C19H20F3N7O3/c20-19(21,22)18-26-25-14-3-4-15(27-29(14)18)28-7-5-12(6-8-28)17(31)24-11-16(30)23-10-13-2-1-9-32-13/h1-4,9,12H,5-8,10-11H2,(H,23,30)(H,24,31). The Morgan fingerprint density at radius 3 is 2.59 bits per heavy atom. The number of aromatic nitrogens is 4. The van der Waals surface area contributed by atoms with Crippen LogP contribution in [0.15, 0.2) is 34.9 Å². The molecule has 1 saturated heterocycles. The first-order chi connectivity index (χ1) is 15.3. The second-order valence-electron chi connectivity index (χ2n) is 7.32. The average Bonchev–Trinajstić information content (AvgIpc) is 3.45. The van der Waals surface area contributed by atoms with Crippen molar-refractivity contribution in [2.75, 3.05) is 24.5 Å².